The van der Waals surface area contributed by atoms with E-state index in [1.165, 1.54) is 20.2 Å². The van der Waals surface area contributed by atoms with Crippen LogP contribution in [0.4, 0.5) is 4.79 Å². The zero-order chi connectivity index (χ0) is 21.5. The van der Waals surface area contributed by atoms with E-state index in [-0.39, 0.29) is 16.2 Å². The Kier molecular flexibility index (Phi) is 5.30. The van der Waals surface area contributed by atoms with Crippen molar-refractivity contribution in [1.82, 2.24) is 14.8 Å². The van der Waals surface area contributed by atoms with Crippen molar-refractivity contribution >= 4 is 41.5 Å². The maximum atomic E-state index is 12.3. The number of carbonyl (C=O) groups excluding carboxylic acids is 4. The summed E-state index contributed by atoms with van der Waals surface area (Å²) >= 11 is 6.23. The average molecular weight is 416 g/mol. The Bertz CT molecular complexity index is 1100. The lowest BCUT2D eigenvalue weighted by Gasteiger charge is -2.22. The Labute approximate surface area is 171 Å². The molecule has 1 aliphatic heterocycles. The molecule has 8 nitrogen and oxygen atoms in total. The van der Waals surface area contributed by atoms with Crippen LogP contribution in [-0.4, -0.2) is 47.4 Å². The molecule has 0 atom stereocenters. The number of aromatic nitrogens is 1. The molecule has 1 N–H and O–H groups in total. The summed E-state index contributed by atoms with van der Waals surface area (Å²) in [7, 11) is 2.58. The molecule has 0 bridgehead atoms. The molecule has 4 amide bonds. The maximum Gasteiger partial charge on any atom is 0.339 e. The van der Waals surface area contributed by atoms with Gasteiger partial charge >= 0.3 is 12.0 Å². The van der Waals surface area contributed by atoms with Crippen molar-refractivity contribution in [3.05, 3.63) is 57.4 Å². The monoisotopic (exact) mass is 415 g/mol. The van der Waals surface area contributed by atoms with Crippen molar-refractivity contribution in [1.29, 1.82) is 0 Å². The lowest BCUT2D eigenvalue weighted by molar-refractivity contribution is -0.129. The highest BCUT2D eigenvalue weighted by Crippen LogP contribution is 2.27. The number of hydrogen-bond donors (Lipinski definition) is 1. The van der Waals surface area contributed by atoms with Gasteiger partial charge in [0.1, 0.15) is 5.57 Å². The molecule has 0 unspecified atom stereocenters. The van der Waals surface area contributed by atoms with Crippen molar-refractivity contribution in [2.75, 3.05) is 14.2 Å². The molecule has 150 valence electrons. The van der Waals surface area contributed by atoms with Crippen LogP contribution < -0.4 is 5.32 Å². The van der Waals surface area contributed by atoms with Gasteiger partial charge in [-0.1, -0.05) is 11.6 Å². The first-order valence-electron chi connectivity index (χ1n) is 8.58. The summed E-state index contributed by atoms with van der Waals surface area (Å²) in [4.78, 5) is 48.5. The molecule has 9 heteroatoms. The van der Waals surface area contributed by atoms with Gasteiger partial charge in [0.25, 0.3) is 11.8 Å². The number of nitrogens with zero attached hydrogens (tertiary/aromatic N) is 2. The van der Waals surface area contributed by atoms with Crippen LogP contribution in [0.3, 0.4) is 0 Å². The second-order valence-electron chi connectivity index (χ2n) is 6.50. The van der Waals surface area contributed by atoms with E-state index in [0.717, 1.165) is 16.3 Å². The number of carbonyl (C=O) groups is 4. The standard InChI is InChI=1S/C20H18ClN3O5/c1-10-7-12(8-15-17(25)22-20(28)23(3)18(15)26)11(2)24(10)13-5-6-14(16(21)9-13)19(27)29-4/h5-9H,1-4H3,(H,22,25,28)/b15-8-. The van der Waals surface area contributed by atoms with Gasteiger partial charge in [-0.2, -0.15) is 0 Å². The van der Waals surface area contributed by atoms with E-state index in [2.05, 4.69) is 5.32 Å². The molecule has 0 spiro atoms. The number of methoxy groups -OCH3 is 1. The van der Waals surface area contributed by atoms with E-state index >= 15 is 0 Å². The normalized spacial score (nSPS) is 15.7. The van der Waals surface area contributed by atoms with Crippen LogP contribution in [0.2, 0.25) is 5.02 Å². The first kappa shape index (κ1) is 20.3. The number of rotatable bonds is 3. The number of nitrogens with one attached hydrogen (secondary N) is 1. The number of imide groups is 2. The van der Waals surface area contributed by atoms with E-state index in [4.69, 9.17) is 16.3 Å². The minimum Gasteiger partial charge on any atom is -0.465 e. The Hall–Kier alpha value is -3.39. The molecule has 3 rings (SSSR count). The zero-order valence-corrected chi connectivity index (χ0v) is 17.0. The summed E-state index contributed by atoms with van der Waals surface area (Å²) in [6, 6.07) is 5.97. The van der Waals surface area contributed by atoms with Crippen LogP contribution >= 0.6 is 11.6 Å². The van der Waals surface area contributed by atoms with Crippen molar-refractivity contribution in [3.63, 3.8) is 0 Å². The van der Waals surface area contributed by atoms with Crippen molar-refractivity contribution in [2.45, 2.75) is 13.8 Å². The first-order chi connectivity index (χ1) is 13.6. The summed E-state index contributed by atoms with van der Waals surface area (Å²) in [6.45, 7) is 3.68. The highest BCUT2D eigenvalue weighted by molar-refractivity contribution is 6.33. The second kappa shape index (κ2) is 7.56. The van der Waals surface area contributed by atoms with Crippen molar-refractivity contribution < 1.29 is 23.9 Å². The van der Waals surface area contributed by atoms with Crippen LogP contribution in [0.5, 0.6) is 0 Å². The Morgan fingerprint density at radius 3 is 2.48 bits per heavy atom. The largest absolute Gasteiger partial charge is 0.465 e. The van der Waals surface area contributed by atoms with Gasteiger partial charge in [-0.15, -0.1) is 0 Å². The summed E-state index contributed by atoms with van der Waals surface area (Å²) in [6.07, 6.45) is 1.45. The predicted octanol–water partition coefficient (Wildman–Crippen LogP) is 2.63. The van der Waals surface area contributed by atoms with Gasteiger partial charge in [0.05, 0.1) is 17.7 Å². The molecule has 1 aromatic heterocycles. The van der Waals surface area contributed by atoms with Gasteiger partial charge < -0.3 is 9.30 Å². The second-order valence-corrected chi connectivity index (χ2v) is 6.91. The average Bonchev–Trinajstić information content (AvgIpc) is 2.96. The maximum absolute atomic E-state index is 12.3. The topological polar surface area (TPSA) is 97.7 Å². The van der Waals surface area contributed by atoms with Gasteiger partial charge in [-0.3, -0.25) is 19.8 Å². The Balaban J connectivity index is 2.05. The summed E-state index contributed by atoms with van der Waals surface area (Å²) in [5.41, 5.74) is 3.03. The van der Waals surface area contributed by atoms with Gasteiger partial charge in [0, 0.05) is 24.1 Å². The number of amides is 4. The zero-order valence-electron chi connectivity index (χ0n) is 16.2. The highest BCUT2D eigenvalue weighted by atomic mass is 35.5. The van der Waals surface area contributed by atoms with Gasteiger partial charge in [-0.05, 0) is 49.8 Å². The molecule has 0 saturated carbocycles. The van der Waals surface area contributed by atoms with Gasteiger partial charge in [0.2, 0.25) is 0 Å². The van der Waals surface area contributed by atoms with Crippen LogP contribution in [-0.2, 0) is 14.3 Å². The molecular formula is C20H18ClN3O5. The van der Waals surface area contributed by atoms with E-state index in [0.29, 0.717) is 11.3 Å². The minimum absolute atomic E-state index is 0.133. The lowest BCUT2D eigenvalue weighted by Crippen LogP contribution is -2.52. The Morgan fingerprint density at radius 2 is 1.86 bits per heavy atom. The quantitative estimate of drug-likeness (QED) is 0.472. The third-order valence-electron chi connectivity index (χ3n) is 4.69. The van der Waals surface area contributed by atoms with Crippen LogP contribution in [0.1, 0.15) is 27.3 Å². The number of urea groups is 1. The minimum atomic E-state index is -0.761. The SMILES string of the molecule is COC(=O)c1ccc(-n2c(C)cc(/C=C3/C(=O)NC(=O)N(C)C3=O)c2C)cc1Cl. The molecule has 1 aliphatic rings. The van der Waals surface area contributed by atoms with Gasteiger partial charge in [-0.25, -0.2) is 9.59 Å². The van der Waals surface area contributed by atoms with E-state index < -0.39 is 23.8 Å². The van der Waals surface area contributed by atoms with Crippen LogP contribution in [0, 0.1) is 13.8 Å². The smallest absolute Gasteiger partial charge is 0.339 e. The number of barbiturate groups is 1. The fourth-order valence-electron chi connectivity index (χ4n) is 3.15. The third-order valence-corrected chi connectivity index (χ3v) is 5.00. The fraction of sp³-hybridized carbons (Fsp3) is 0.200. The molecular weight excluding hydrogens is 398 g/mol. The fourth-order valence-corrected chi connectivity index (χ4v) is 3.40. The third kappa shape index (κ3) is 3.54. The Morgan fingerprint density at radius 1 is 1.17 bits per heavy atom. The molecule has 1 fully saturated rings. The molecule has 2 aromatic rings. The number of esters is 1. The van der Waals surface area contributed by atoms with Crippen molar-refractivity contribution in [3.8, 4) is 5.69 Å². The van der Waals surface area contributed by atoms with Crippen LogP contribution in [0.25, 0.3) is 11.8 Å². The number of aryl methyl sites for hydroxylation is 1. The first-order valence-corrected chi connectivity index (χ1v) is 8.95. The summed E-state index contributed by atoms with van der Waals surface area (Å²) in [5.74, 6) is -1.95. The number of ether oxygens (including phenoxy) is 1. The molecule has 29 heavy (non-hydrogen) atoms. The highest BCUT2D eigenvalue weighted by Gasteiger charge is 2.33. The van der Waals surface area contributed by atoms with E-state index in [1.54, 1.807) is 24.3 Å². The summed E-state index contributed by atoms with van der Waals surface area (Å²) in [5, 5.41) is 2.36. The predicted molar refractivity (Wildman–Crippen MR) is 106 cm³/mol. The molecule has 0 radical (unpaired) electrons. The molecule has 0 aliphatic carbocycles. The molecule has 1 saturated heterocycles. The molecule has 2 heterocycles. The molecule has 1 aromatic carbocycles. The number of likely N-dealkylation sites (N-methyl/N-ethyl adjacent to an activating group) is 1. The number of halogens is 1. The lowest BCUT2D eigenvalue weighted by atomic mass is 10.1. The van der Waals surface area contributed by atoms with Gasteiger partial charge in [0.15, 0.2) is 0 Å². The van der Waals surface area contributed by atoms with Crippen LogP contribution in [0.15, 0.2) is 29.8 Å². The van der Waals surface area contributed by atoms with E-state index in [1.807, 2.05) is 18.4 Å². The number of hydrogen-bond acceptors (Lipinski definition) is 5. The van der Waals surface area contributed by atoms with Crippen molar-refractivity contribution in [2.24, 2.45) is 0 Å². The number of benzene rings is 1. The summed E-state index contributed by atoms with van der Waals surface area (Å²) < 4.78 is 6.57. The van der Waals surface area contributed by atoms with E-state index in [9.17, 15) is 19.2 Å².